The van der Waals surface area contributed by atoms with Crippen molar-refractivity contribution in [2.24, 2.45) is 0 Å². The molecule has 1 N–H and O–H groups in total. The number of fused-ring (bicyclic) bond motifs is 1. The maximum Gasteiger partial charge on any atom is 0.244 e. The number of carbonyl (C=O) groups excluding carboxylic acids is 1. The summed E-state index contributed by atoms with van der Waals surface area (Å²) in [6.45, 7) is 2.98. The molecule has 0 fully saturated rings. The molecule has 0 radical (unpaired) electrons. The monoisotopic (exact) mass is 358 g/mol. The number of amides is 1. The standard InChI is InChI=1S/C20H20ClFN2O/c1-13(15-4-7-19-16(11-15)9-10-24(19)2)23-20(25)8-5-14-3-6-17(22)12-18(14)21/h3-8,11-13H,9-10H2,1-2H3,(H,23,25)/b8-5+. The smallest absolute Gasteiger partial charge is 0.244 e. The van der Waals surface area contributed by atoms with Gasteiger partial charge < -0.3 is 10.2 Å². The van der Waals surface area contributed by atoms with E-state index in [2.05, 4.69) is 29.4 Å². The van der Waals surface area contributed by atoms with Crippen molar-refractivity contribution in [3.05, 3.63) is 70.0 Å². The topological polar surface area (TPSA) is 32.3 Å². The van der Waals surface area contributed by atoms with E-state index >= 15 is 0 Å². The van der Waals surface area contributed by atoms with Gasteiger partial charge in [-0.15, -0.1) is 0 Å². The van der Waals surface area contributed by atoms with E-state index in [0.717, 1.165) is 18.5 Å². The molecule has 1 aliphatic rings. The number of nitrogens with one attached hydrogen (secondary N) is 1. The molecule has 0 saturated carbocycles. The molecule has 0 aromatic heterocycles. The van der Waals surface area contributed by atoms with Gasteiger partial charge in [0.25, 0.3) is 0 Å². The van der Waals surface area contributed by atoms with Crippen LogP contribution in [0.15, 0.2) is 42.5 Å². The summed E-state index contributed by atoms with van der Waals surface area (Å²) in [5.74, 6) is -0.618. The molecule has 3 rings (SSSR count). The highest BCUT2D eigenvalue weighted by Crippen LogP contribution is 2.29. The lowest BCUT2D eigenvalue weighted by Gasteiger charge is -2.16. The summed E-state index contributed by atoms with van der Waals surface area (Å²) >= 11 is 5.95. The largest absolute Gasteiger partial charge is 0.374 e. The molecule has 1 heterocycles. The van der Waals surface area contributed by atoms with Gasteiger partial charge in [0, 0.05) is 25.4 Å². The Morgan fingerprint density at radius 1 is 1.32 bits per heavy atom. The van der Waals surface area contributed by atoms with Crippen molar-refractivity contribution in [2.75, 3.05) is 18.5 Å². The van der Waals surface area contributed by atoms with Crippen LogP contribution in [-0.4, -0.2) is 19.5 Å². The van der Waals surface area contributed by atoms with Crippen molar-refractivity contribution >= 4 is 29.3 Å². The fourth-order valence-corrected chi connectivity index (χ4v) is 3.23. The highest BCUT2D eigenvalue weighted by atomic mass is 35.5. The van der Waals surface area contributed by atoms with Crippen molar-refractivity contribution < 1.29 is 9.18 Å². The second kappa shape index (κ2) is 7.28. The van der Waals surface area contributed by atoms with Gasteiger partial charge in [-0.05, 0) is 54.3 Å². The van der Waals surface area contributed by atoms with Gasteiger partial charge in [-0.3, -0.25) is 4.79 Å². The first-order valence-corrected chi connectivity index (χ1v) is 8.59. The van der Waals surface area contributed by atoms with Gasteiger partial charge in [-0.25, -0.2) is 4.39 Å². The fourth-order valence-electron chi connectivity index (χ4n) is 3.00. The predicted octanol–water partition coefficient (Wildman–Crippen LogP) is 4.36. The molecule has 5 heteroatoms. The normalized spacial score (nSPS) is 14.6. The number of rotatable bonds is 4. The van der Waals surface area contributed by atoms with Crippen molar-refractivity contribution in [1.82, 2.24) is 5.32 Å². The minimum Gasteiger partial charge on any atom is -0.374 e. The van der Waals surface area contributed by atoms with E-state index in [1.165, 1.54) is 29.5 Å². The molecule has 0 saturated heterocycles. The van der Waals surface area contributed by atoms with Crippen LogP contribution in [0.4, 0.5) is 10.1 Å². The zero-order valence-electron chi connectivity index (χ0n) is 14.2. The van der Waals surface area contributed by atoms with Crippen LogP contribution in [0.25, 0.3) is 6.08 Å². The van der Waals surface area contributed by atoms with Crippen LogP contribution in [-0.2, 0) is 11.2 Å². The highest BCUT2D eigenvalue weighted by Gasteiger charge is 2.17. The molecule has 3 nitrogen and oxygen atoms in total. The molecule has 0 aliphatic carbocycles. The summed E-state index contributed by atoms with van der Waals surface area (Å²) in [6.07, 6.45) is 4.03. The van der Waals surface area contributed by atoms with Gasteiger partial charge in [-0.2, -0.15) is 0 Å². The number of anilines is 1. The fraction of sp³-hybridized carbons (Fsp3) is 0.250. The average molecular weight is 359 g/mol. The van der Waals surface area contributed by atoms with E-state index in [-0.39, 0.29) is 17.0 Å². The zero-order valence-corrected chi connectivity index (χ0v) is 15.0. The molecule has 1 unspecified atom stereocenters. The van der Waals surface area contributed by atoms with E-state index in [1.807, 2.05) is 13.0 Å². The first-order chi connectivity index (χ1) is 11.9. The molecule has 2 aromatic carbocycles. The molecular weight excluding hydrogens is 339 g/mol. The highest BCUT2D eigenvalue weighted by molar-refractivity contribution is 6.32. The van der Waals surface area contributed by atoms with E-state index in [9.17, 15) is 9.18 Å². The van der Waals surface area contributed by atoms with Crippen LogP contribution in [0.5, 0.6) is 0 Å². The van der Waals surface area contributed by atoms with E-state index in [4.69, 9.17) is 11.6 Å². The molecule has 0 bridgehead atoms. The molecule has 25 heavy (non-hydrogen) atoms. The van der Waals surface area contributed by atoms with Crippen LogP contribution in [0.2, 0.25) is 5.02 Å². The summed E-state index contributed by atoms with van der Waals surface area (Å²) < 4.78 is 13.0. The first-order valence-electron chi connectivity index (χ1n) is 8.21. The van der Waals surface area contributed by atoms with Crippen molar-refractivity contribution in [1.29, 1.82) is 0 Å². The van der Waals surface area contributed by atoms with Gasteiger partial charge in [-0.1, -0.05) is 29.8 Å². The molecule has 1 amide bonds. The Balaban J connectivity index is 1.65. The average Bonchev–Trinajstić information content (AvgIpc) is 2.94. The van der Waals surface area contributed by atoms with Crippen LogP contribution in [0.1, 0.15) is 29.7 Å². The Hall–Kier alpha value is -2.33. The minimum absolute atomic E-state index is 0.1000. The number of halogens is 2. The Morgan fingerprint density at radius 3 is 2.88 bits per heavy atom. The number of hydrogen-bond acceptors (Lipinski definition) is 2. The van der Waals surface area contributed by atoms with Gasteiger partial charge >= 0.3 is 0 Å². The lowest BCUT2D eigenvalue weighted by Crippen LogP contribution is -2.24. The molecule has 0 spiro atoms. The van der Waals surface area contributed by atoms with Gasteiger partial charge in [0.15, 0.2) is 0 Å². The first kappa shape index (κ1) is 17.5. The summed E-state index contributed by atoms with van der Waals surface area (Å²) in [4.78, 5) is 14.4. The number of benzene rings is 2. The Morgan fingerprint density at radius 2 is 2.12 bits per heavy atom. The minimum atomic E-state index is -0.400. The van der Waals surface area contributed by atoms with Gasteiger partial charge in [0.1, 0.15) is 5.82 Å². The number of nitrogens with zero attached hydrogens (tertiary/aromatic N) is 1. The molecule has 2 aromatic rings. The number of hydrogen-bond donors (Lipinski definition) is 1. The van der Waals surface area contributed by atoms with Crippen molar-refractivity contribution in [2.45, 2.75) is 19.4 Å². The maximum absolute atomic E-state index is 13.0. The third-order valence-corrected chi connectivity index (χ3v) is 4.79. The third kappa shape index (κ3) is 4.02. The van der Waals surface area contributed by atoms with Crippen LogP contribution < -0.4 is 10.2 Å². The Bertz CT molecular complexity index is 834. The van der Waals surface area contributed by atoms with Crippen LogP contribution >= 0.6 is 11.6 Å². The summed E-state index contributed by atoms with van der Waals surface area (Å²) in [5, 5.41) is 3.22. The molecule has 130 valence electrons. The van der Waals surface area contributed by atoms with Crippen molar-refractivity contribution in [3.8, 4) is 0 Å². The number of likely N-dealkylation sites (N-methyl/N-ethyl adjacent to an activating group) is 1. The van der Waals surface area contributed by atoms with E-state index in [0.29, 0.717) is 5.56 Å². The Kier molecular flexibility index (Phi) is 5.09. The third-order valence-electron chi connectivity index (χ3n) is 4.47. The lowest BCUT2D eigenvalue weighted by atomic mass is 10.0. The molecule has 1 aliphatic heterocycles. The summed E-state index contributed by atoms with van der Waals surface area (Å²) in [5.41, 5.74) is 4.25. The second-order valence-electron chi connectivity index (χ2n) is 6.29. The quantitative estimate of drug-likeness (QED) is 0.823. The van der Waals surface area contributed by atoms with Crippen molar-refractivity contribution in [3.63, 3.8) is 0 Å². The van der Waals surface area contributed by atoms with E-state index in [1.54, 1.807) is 12.1 Å². The van der Waals surface area contributed by atoms with Crippen LogP contribution in [0, 0.1) is 5.82 Å². The van der Waals surface area contributed by atoms with Gasteiger partial charge in [0.2, 0.25) is 5.91 Å². The predicted molar refractivity (Wildman–Crippen MR) is 100 cm³/mol. The molecule has 1 atom stereocenters. The lowest BCUT2D eigenvalue weighted by molar-refractivity contribution is -0.117. The SMILES string of the molecule is CC(NC(=O)/C=C/c1ccc(F)cc1Cl)c1ccc2c(c1)CCN2C. The zero-order chi connectivity index (χ0) is 18.0. The Labute approximate surface area is 152 Å². The van der Waals surface area contributed by atoms with E-state index < -0.39 is 5.82 Å². The molecular formula is C20H20ClFN2O. The summed E-state index contributed by atoms with van der Waals surface area (Å²) in [6, 6.07) is 10.3. The summed E-state index contributed by atoms with van der Waals surface area (Å²) in [7, 11) is 2.09. The number of carbonyl (C=O) groups is 1. The van der Waals surface area contributed by atoms with Crippen LogP contribution in [0.3, 0.4) is 0 Å². The maximum atomic E-state index is 13.0. The van der Waals surface area contributed by atoms with Gasteiger partial charge in [0.05, 0.1) is 11.1 Å². The second-order valence-corrected chi connectivity index (χ2v) is 6.70.